The Morgan fingerprint density at radius 1 is 1.09 bits per heavy atom. The summed E-state index contributed by atoms with van der Waals surface area (Å²) in [4.78, 5) is 22.9. The van der Waals surface area contributed by atoms with Crippen LogP contribution in [0.25, 0.3) is 5.57 Å². The highest BCUT2D eigenvalue weighted by Gasteiger charge is 2.52. The lowest BCUT2D eigenvalue weighted by Gasteiger charge is -2.44. The number of amidine groups is 1. The molecule has 6 aliphatic heterocycles. The number of piperidine rings is 1. The smallest absolute Gasteiger partial charge is 0.311 e. The lowest BCUT2D eigenvalue weighted by atomic mass is 9.84. The van der Waals surface area contributed by atoms with Crippen molar-refractivity contribution in [3.63, 3.8) is 0 Å². The number of rotatable bonds is 1. The maximum absolute atomic E-state index is 13.1. The molecule has 3 fully saturated rings. The van der Waals surface area contributed by atoms with E-state index in [9.17, 15) is 4.79 Å². The molecule has 178 valence electrons. The summed E-state index contributed by atoms with van der Waals surface area (Å²) in [5, 5.41) is 3.22. The molecule has 0 atom stereocenters. The first-order valence-corrected chi connectivity index (χ1v) is 12.8. The van der Waals surface area contributed by atoms with Gasteiger partial charge in [0.25, 0.3) is 0 Å². The van der Waals surface area contributed by atoms with E-state index in [1.54, 1.807) is 6.08 Å². The molecule has 1 N–H and O–H groups in total. The van der Waals surface area contributed by atoms with Gasteiger partial charge in [-0.25, -0.2) is 4.79 Å². The maximum atomic E-state index is 13.1. The molecule has 2 saturated heterocycles. The third-order valence-corrected chi connectivity index (χ3v) is 7.62. The largest absolute Gasteiger partial charge is 0.323 e. The molecule has 1 aromatic carbocycles. The van der Waals surface area contributed by atoms with E-state index >= 15 is 0 Å². The topological polar surface area (TPSA) is 47.9 Å². The predicted octanol–water partition coefficient (Wildman–Crippen LogP) is 5.78. The van der Waals surface area contributed by atoms with Gasteiger partial charge in [-0.3, -0.25) is 15.2 Å². The zero-order valence-corrected chi connectivity index (χ0v) is 20.5. The van der Waals surface area contributed by atoms with Crippen molar-refractivity contribution in [2.45, 2.75) is 83.3 Å². The first-order chi connectivity index (χ1) is 16.1. The number of amides is 2. The Hall–Kier alpha value is -2.40. The SMILES string of the molecule is C/C1=C/CCN2C(=O)NC(=NC3CCCCC3)C23CCN(CC3)Cc2ccc1cc2.C=CC. The molecule has 1 spiro atoms. The van der Waals surface area contributed by atoms with Crippen LogP contribution in [0.5, 0.6) is 0 Å². The fourth-order valence-corrected chi connectivity index (χ4v) is 5.72. The number of allylic oxidation sites excluding steroid dienone is 2. The molecule has 5 heteroatoms. The van der Waals surface area contributed by atoms with E-state index in [1.165, 1.54) is 48.8 Å². The minimum atomic E-state index is -0.237. The number of nitrogens with one attached hydrogen (secondary N) is 1. The second kappa shape index (κ2) is 10.7. The first kappa shape index (κ1) is 23.7. The molecule has 0 unspecified atom stereocenters. The molecule has 1 saturated carbocycles. The van der Waals surface area contributed by atoms with Gasteiger partial charge in [0.15, 0.2) is 0 Å². The summed E-state index contributed by atoms with van der Waals surface area (Å²) in [6.45, 7) is 11.2. The van der Waals surface area contributed by atoms with Gasteiger partial charge in [0.2, 0.25) is 0 Å². The van der Waals surface area contributed by atoms with Gasteiger partial charge in [-0.2, -0.15) is 0 Å². The van der Waals surface area contributed by atoms with Gasteiger partial charge in [0, 0.05) is 26.2 Å². The Morgan fingerprint density at radius 3 is 2.42 bits per heavy atom. The summed E-state index contributed by atoms with van der Waals surface area (Å²) in [5.74, 6) is 0.968. The van der Waals surface area contributed by atoms with Crippen LogP contribution >= 0.6 is 0 Å². The molecule has 2 amide bonds. The molecule has 1 aliphatic carbocycles. The number of aliphatic imine (C=N–C) groups is 1. The molecule has 7 aliphatic rings. The molecule has 5 nitrogen and oxygen atoms in total. The van der Waals surface area contributed by atoms with Crippen LogP contribution < -0.4 is 5.32 Å². The van der Waals surface area contributed by atoms with Crippen molar-refractivity contribution in [1.82, 2.24) is 15.1 Å². The molecule has 1 aromatic rings. The minimum absolute atomic E-state index is 0.0551. The molecule has 6 heterocycles. The van der Waals surface area contributed by atoms with E-state index < -0.39 is 0 Å². The Bertz CT molecular complexity index is 887. The molecule has 8 rings (SSSR count). The van der Waals surface area contributed by atoms with Crippen molar-refractivity contribution in [2.24, 2.45) is 4.99 Å². The third kappa shape index (κ3) is 5.24. The lowest BCUT2D eigenvalue weighted by molar-refractivity contribution is 0.100. The Kier molecular flexibility index (Phi) is 7.69. The van der Waals surface area contributed by atoms with Gasteiger partial charge in [0.1, 0.15) is 11.4 Å². The Balaban J connectivity index is 0.000000821. The average molecular weight is 449 g/mol. The Labute approximate surface area is 199 Å². The summed E-state index contributed by atoms with van der Waals surface area (Å²) in [5.41, 5.74) is 3.69. The summed E-state index contributed by atoms with van der Waals surface area (Å²) < 4.78 is 0. The van der Waals surface area contributed by atoms with Crippen LogP contribution in [0, 0.1) is 0 Å². The third-order valence-electron chi connectivity index (χ3n) is 7.62. The summed E-state index contributed by atoms with van der Waals surface area (Å²) in [6, 6.07) is 9.45. The first-order valence-electron chi connectivity index (χ1n) is 12.8. The van der Waals surface area contributed by atoms with E-state index in [2.05, 4.69) is 59.0 Å². The lowest BCUT2D eigenvalue weighted by Crippen LogP contribution is -2.56. The number of benzene rings is 1. The van der Waals surface area contributed by atoms with Gasteiger partial charge in [0.05, 0.1) is 6.04 Å². The number of nitrogens with zero attached hydrogens (tertiary/aromatic N) is 3. The van der Waals surface area contributed by atoms with E-state index in [-0.39, 0.29) is 11.6 Å². The zero-order chi connectivity index (χ0) is 23.3. The number of urea groups is 1. The molecule has 4 bridgehead atoms. The van der Waals surface area contributed by atoms with E-state index in [0.29, 0.717) is 6.04 Å². The zero-order valence-electron chi connectivity index (χ0n) is 20.5. The van der Waals surface area contributed by atoms with Gasteiger partial charge >= 0.3 is 6.03 Å². The van der Waals surface area contributed by atoms with Gasteiger partial charge in [-0.15, -0.1) is 6.58 Å². The van der Waals surface area contributed by atoms with Crippen molar-refractivity contribution >= 4 is 17.4 Å². The van der Waals surface area contributed by atoms with Crippen molar-refractivity contribution in [3.8, 4) is 0 Å². The van der Waals surface area contributed by atoms with Crippen molar-refractivity contribution in [3.05, 3.63) is 54.1 Å². The van der Waals surface area contributed by atoms with E-state index in [1.807, 2.05) is 6.92 Å². The maximum Gasteiger partial charge on any atom is 0.323 e. The van der Waals surface area contributed by atoms with Crippen LogP contribution in [0.3, 0.4) is 0 Å². The van der Waals surface area contributed by atoms with Gasteiger partial charge in [-0.05, 0) is 62.7 Å². The number of carbonyl (C=O) groups is 1. The fourth-order valence-electron chi connectivity index (χ4n) is 5.72. The monoisotopic (exact) mass is 448 g/mol. The molecular weight excluding hydrogens is 408 g/mol. The molecule has 0 aromatic heterocycles. The fraction of sp³-hybridized carbons (Fsp3) is 0.571. The number of carbonyl (C=O) groups excluding carboxylic acids is 1. The summed E-state index contributed by atoms with van der Waals surface area (Å²) in [6.07, 6.45) is 13.0. The normalized spacial score (nSPS) is 30.5. The molecular formula is C28H40N4O. The summed E-state index contributed by atoms with van der Waals surface area (Å²) >= 11 is 0. The molecule has 0 radical (unpaired) electrons. The highest BCUT2D eigenvalue weighted by molar-refractivity contribution is 6.10. The average Bonchev–Trinajstić information content (AvgIpc) is 3.07. The number of hydrogen-bond acceptors (Lipinski definition) is 3. The highest BCUT2D eigenvalue weighted by Crippen LogP contribution is 2.36. The predicted molar refractivity (Wildman–Crippen MR) is 137 cm³/mol. The summed E-state index contributed by atoms with van der Waals surface area (Å²) in [7, 11) is 0. The van der Waals surface area contributed by atoms with E-state index in [4.69, 9.17) is 4.99 Å². The number of hydrogen-bond donors (Lipinski definition) is 1. The Morgan fingerprint density at radius 2 is 1.76 bits per heavy atom. The van der Waals surface area contributed by atoms with E-state index in [0.717, 1.165) is 51.3 Å². The van der Waals surface area contributed by atoms with Crippen LogP contribution in [0.4, 0.5) is 4.79 Å². The van der Waals surface area contributed by atoms with Crippen LogP contribution in [-0.4, -0.2) is 52.9 Å². The second-order valence-electron chi connectivity index (χ2n) is 9.94. The quantitative estimate of drug-likeness (QED) is 0.554. The molecule has 33 heavy (non-hydrogen) atoms. The van der Waals surface area contributed by atoms with Crippen LogP contribution in [-0.2, 0) is 6.54 Å². The van der Waals surface area contributed by atoms with Gasteiger partial charge < -0.3 is 4.90 Å². The van der Waals surface area contributed by atoms with Gasteiger partial charge in [-0.1, -0.05) is 55.7 Å². The van der Waals surface area contributed by atoms with Crippen LogP contribution in [0.2, 0.25) is 0 Å². The van der Waals surface area contributed by atoms with Crippen molar-refractivity contribution in [2.75, 3.05) is 19.6 Å². The van der Waals surface area contributed by atoms with Crippen LogP contribution in [0.1, 0.15) is 76.3 Å². The van der Waals surface area contributed by atoms with Crippen LogP contribution in [0.15, 0.2) is 48.0 Å². The minimum Gasteiger partial charge on any atom is -0.311 e. The van der Waals surface area contributed by atoms with Crippen molar-refractivity contribution in [1.29, 1.82) is 0 Å². The second-order valence-corrected chi connectivity index (χ2v) is 9.94. The standard InChI is InChI=1S/C25H34N4O.C3H6/c1-19-6-5-15-29-24(30)27-23(26-22-7-3-2-4-8-22)25(29)13-16-28(17-14-25)18-20-9-11-21(19)12-10-20;1-3-2/h6,9-12,22H,2-5,7-8,13-18H2,1H3,(H,26,27,30);3H,1H2,2H3/b19-6-;. The van der Waals surface area contributed by atoms with Crippen molar-refractivity contribution < 1.29 is 4.79 Å². The highest BCUT2D eigenvalue weighted by atomic mass is 16.2.